The molecule has 1 aliphatic heterocycles. The van der Waals surface area contributed by atoms with Crippen LogP contribution >= 0.6 is 0 Å². The lowest BCUT2D eigenvalue weighted by Crippen LogP contribution is -2.33. The molecule has 0 amide bonds. The molecule has 0 radical (unpaired) electrons. The molecule has 0 aromatic carbocycles. The molecule has 1 aliphatic rings. The van der Waals surface area contributed by atoms with Gasteiger partial charge in [0, 0.05) is 6.42 Å². The fourth-order valence-corrected chi connectivity index (χ4v) is 1.09. The molecule has 0 aromatic rings. The molecule has 78 valence electrons. The summed E-state index contributed by atoms with van der Waals surface area (Å²) in [7, 11) is 0. The van der Waals surface area contributed by atoms with Gasteiger partial charge in [0.2, 0.25) is 0 Å². The summed E-state index contributed by atoms with van der Waals surface area (Å²) in [5.74, 6) is -3.17. The largest absolute Gasteiger partial charge is 0.361 e. The van der Waals surface area contributed by atoms with Crippen LogP contribution in [0, 0.1) is 0 Å². The van der Waals surface area contributed by atoms with Crippen LogP contribution < -0.4 is 0 Å². The molecule has 0 saturated carbocycles. The summed E-state index contributed by atoms with van der Waals surface area (Å²) in [5, 5.41) is 0. The van der Waals surface area contributed by atoms with E-state index in [0.29, 0.717) is 0 Å². The lowest BCUT2D eigenvalue weighted by molar-refractivity contribution is -0.134. The van der Waals surface area contributed by atoms with Crippen molar-refractivity contribution in [3.05, 3.63) is 0 Å². The van der Waals surface area contributed by atoms with Crippen molar-refractivity contribution in [2.45, 2.75) is 45.6 Å². The van der Waals surface area contributed by atoms with Gasteiger partial charge in [-0.05, 0) is 13.8 Å². The van der Waals surface area contributed by atoms with Crippen LogP contribution in [-0.2, 0) is 9.53 Å². The highest BCUT2D eigenvalue weighted by Crippen LogP contribution is 2.37. The maximum atomic E-state index is 12.5. The zero-order valence-corrected chi connectivity index (χ0v) is 8.49. The van der Waals surface area contributed by atoms with Crippen LogP contribution in [0.4, 0.5) is 8.78 Å². The first-order chi connectivity index (χ1) is 5.86. The first-order valence-electron chi connectivity index (χ1n) is 4.39. The van der Waals surface area contributed by atoms with Gasteiger partial charge in [0.05, 0.1) is 0 Å². The fraction of sp³-hybridized carbons (Fsp3) is 0.889. The molecule has 0 spiro atoms. The molecule has 0 aliphatic carbocycles. The molecule has 0 unspecified atom stereocenters. The van der Waals surface area contributed by atoms with Gasteiger partial charge in [-0.3, -0.25) is 4.79 Å². The number of ether oxygens (including phenoxy) is 1. The molecule has 1 heterocycles. The second-order valence-corrected chi connectivity index (χ2v) is 3.11. The van der Waals surface area contributed by atoms with Crippen molar-refractivity contribution >= 4 is 5.78 Å². The van der Waals surface area contributed by atoms with Gasteiger partial charge in [0.1, 0.15) is 12.2 Å². The van der Waals surface area contributed by atoms with Crippen molar-refractivity contribution in [1.82, 2.24) is 0 Å². The summed E-state index contributed by atoms with van der Waals surface area (Å²) < 4.78 is 29.8. The van der Waals surface area contributed by atoms with Crippen LogP contribution in [-0.4, -0.2) is 23.9 Å². The van der Waals surface area contributed by atoms with E-state index >= 15 is 0 Å². The van der Waals surface area contributed by atoms with E-state index < -0.39 is 24.6 Å². The van der Waals surface area contributed by atoms with E-state index in [1.807, 2.05) is 13.8 Å². The van der Waals surface area contributed by atoms with Crippen molar-refractivity contribution in [3.63, 3.8) is 0 Å². The third kappa shape index (κ3) is 3.03. The second-order valence-electron chi connectivity index (χ2n) is 3.11. The summed E-state index contributed by atoms with van der Waals surface area (Å²) >= 11 is 0. The van der Waals surface area contributed by atoms with Gasteiger partial charge in [-0.15, -0.1) is 0 Å². The van der Waals surface area contributed by atoms with Crippen molar-refractivity contribution in [1.29, 1.82) is 0 Å². The number of carbonyl (C=O) groups excluding carboxylic acids is 1. The quantitative estimate of drug-likeness (QED) is 0.640. The predicted octanol–water partition coefficient (Wildman–Crippen LogP) is 2.42. The Labute approximate surface area is 77.3 Å². The minimum Gasteiger partial charge on any atom is -0.361 e. The van der Waals surface area contributed by atoms with Crippen LogP contribution in [0.15, 0.2) is 0 Å². The molecular formula is C9H16F2O2. The monoisotopic (exact) mass is 194 g/mol. The highest BCUT2D eigenvalue weighted by molar-refractivity contribution is 5.84. The standard InChI is InChI=1S/C7H10F2O2.C2H6/c1-5(10)6(2)3-7(8,9)4-11-6;1-2/h3-4H2,1-2H3;1-2H3/t6-;/m0./s1. The Morgan fingerprint density at radius 2 is 1.85 bits per heavy atom. The van der Waals surface area contributed by atoms with Crippen LogP contribution in [0.3, 0.4) is 0 Å². The van der Waals surface area contributed by atoms with Gasteiger partial charge < -0.3 is 4.74 Å². The van der Waals surface area contributed by atoms with E-state index in [1.54, 1.807) is 0 Å². The van der Waals surface area contributed by atoms with Crippen LogP contribution in [0.5, 0.6) is 0 Å². The molecule has 0 aromatic heterocycles. The number of alkyl halides is 2. The Bertz CT molecular complexity index is 192. The second kappa shape index (κ2) is 4.13. The average Bonchev–Trinajstić information content (AvgIpc) is 2.31. The number of rotatable bonds is 1. The highest BCUT2D eigenvalue weighted by atomic mass is 19.3. The minimum absolute atomic E-state index is 0.338. The predicted molar refractivity (Wildman–Crippen MR) is 46.0 cm³/mol. The van der Waals surface area contributed by atoms with Crippen molar-refractivity contribution in [2.24, 2.45) is 0 Å². The Morgan fingerprint density at radius 1 is 1.38 bits per heavy atom. The van der Waals surface area contributed by atoms with E-state index in [2.05, 4.69) is 0 Å². The smallest absolute Gasteiger partial charge is 0.274 e. The molecule has 0 N–H and O–H groups in total. The molecule has 13 heavy (non-hydrogen) atoms. The van der Waals surface area contributed by atoms with E-state index in [4.69, 9.17) is 4.74 Å². The lowest BCUT2D eigenvalue weighted by atomic mass is 9.97. The normalized spacial score (nSPS) is 30.6. The number of halogens is 2. The zero-order valence-electron chi connectivity index (χ0n) is 8.49. The van der Waals surface area contributed by atoms with Gasteiger partial charge in [-0.1, -0.05) is 13.8 Å². The van der Waals surface area contributed by atoms with E-state index in [-0.39, 0.29) is 5.78 Å². The molecule has 1 saturated heterocycles. The number of ketones is 1. The van der Waals surface area contributed by atoms with Crippen LogP contribution in [0.1, 0.15) is 34.1 Å². The number of hydrogen-bond donors (Lipinski definition) is 0. The Hall–Kier alpha value is -0.510. The SMILES string of the molecule is CC.CC(=O)[C@]1(C)CC(F)(F)CO1. The molecule has 1 atom stereocenters. The number of Topliss-reactive ketones (excluding diaryl/α,β-unsaturated/α-hetero) is 1. The van der Waals surface area contributed by atoms with Gasteiger partial charge in [-0.2, -0.15) is 0 Å². The summed E-state index contributed by atoms with van der Waals surface area (Å²) in [6, 6.07) is 0. The summed E-state index contributed by atoms with van der Waals surface area (Å²) in [4.78, 5) is 10.8. The zero-order chi connectivity index (χ0) is 10.7. The van der Waals surface area contributed by atoms with Crippen LogP contribution in [0.2, 0.25) is 0 Å². The highest BCUT2D eigenvalue weighted by Gasteiger charge is 2.50. The maximum Gasteiger partial charge on any atom is 0.274 e. The fourth-order valence-electron chi connectivity index (χ4n) is 1.09. The third-order valence-electron chi connectivity index (χ3n) is 1.94. The van der Waals surface area contributed by atoms with Crippen molar-refractivity contribution < 1.29 is 18.3 Å². The third-order valence-corrected chi connectivity index (χ3v) is 1.94. The number of carbonyl (C=O) groups is 1. The Balaban J connectivity index is 0.000000671. The average molecular weight is 194 g/mol. The van der Waals surface area contributed by atoms with Crippen molar-refractivity contribution in [2.75, 3.05) is 6.61 Å². The minimum atomic E-state index is -2.83. The van der Waals surface area contributed by atoms with E-state index in [1.165, 1.54) is 13.8 Å². The van der Waals surface area contributed by atoms with Crippen LogP contribution in [0.25, 0.3) is 0 Å². The summed E-state index contributed by atoms with van der Waals surface area (Å²) in [6.45, 7) is 6.03. The molecular weight excluding hydrogens is 178 g/mol. The summed E-state index contributed by atoms with van der Waals surface area (Å²) in [6.07, 6.45) is -0.491. The molecule has 4 heteroatoms. The Kier molecular flexibility index (Phi) is 3.97. The molecule has 2 nitrogen and oxygen atoms in total. The lowest BCUT2D eigenvalue weighted by Gasteiger charge is -2.17. The summed E-state index contributed by atoms with van der Waals surface area (Å²) in [5.41, 5.74) is -1.26. The van der Waals surface area contributed by atoms with Gasteiger partial charge in [0.25, 0.3) is 5.92 Å². The molecule has 1 fully saturated rings. The maximum absolute atomic E-state index is 12.5. The van der Waals surface area contributed by atoms with Gasteiger partial charge in [0.15, 0.2) is 5.78 Å². The van der Waals surface area contributed by atoms with Gasteiger partial charge in [-0.25, -0.2) is 8.78 Å². The first kappa shape index (κ1) is 12.5. The number of hydrogen-bond acceptors (Lipinski definition) is 2. The molecule has 0 bridgehead atoms. The topological polar surface area (TPSA) is 26.3 Å². The van der Waals surface area contributed by atoms with Gasteiger partial charge >= 0.3 is 0 Å². The van der Waals surface area contributed by atoms with E-state index in [9.17, 15) is 13.6 Å². The molecule has 1 rings (SSSR count). The first-order valence-corrected chi connectivity index (χ1v) is 4.39. The van der Waals surface area contributed by atoms with E-state index in [0.717, 1.165) is 0 Å². The Morgan fingerprint density at radius 3 is 2.00 bits per heavy atom. The van der Waals surface area contributed by atoms with Crippen molar-refractivity contribution in [3.8, 4) is 0 Å².